The Balaban J connectivity index is 0.000000131. The van der Waals surface area contributed by atoms with Crippen LogP contribution in [0, 0.1) is 55.1 Å². The van der Waals surface area contributed by atoms with E-state index in [0.29, 0.717) is 67.5 Å². The van der Waals surface area contributed by atoms with E-state index in [1.807, 2.05) is 74.6 Å². The third-order valence-corrected chi connectivity index (χ3v) is 29.1. The largest absolute Gasteiger partial charge is 0.395 e. The summed E-state index contributed by atoms with van der Waals surface area (Å²) in [6.45, 7) is 23.5. The molecule has 670 valence electrons. The molecule has 127 heavy (non-hydrogen) atoms. The molecule has 9 aliphatic rings. The predicted molar refractivity (Wildman–Crippen MR) is 502 cm³/mol. The Kier molecular flexibility index (Phi) is 31.8. The fourth-order valence-electron chi connectivity index (χ4n) is 21.2. The smallest absolute Gasteiger partial charge is 0.317 e. The number of methoxy groups -OCH3 is 2. The Labute approximate surface area is 753 Å². The highest BCUT2D eigenvalue weighted by molar-refractivity contribution is 7.88. The van der Waals surface area contributed by atoms with Gasteiger partial charge in [0.25, 0.3) is 0 Å². The van der Waals surface area contributed by atoms with E-state index >= 15 is 0 Å². The van der Waals surface area contributed by atoms with E-state index in [9.17, 15) is 32.2 Å². The highest BCUT2D eigenvalue weighted by Crippen LogP contribution is 2.48. The fraction of sp³-hybridized carbons (Fsp3) is 0.462. The Bertz CT molecular complexity index is 5320. The van der Waals surface area contributed by atoms with E-state index in [2.05, 4.69) is 191 Å². The molecule has 3 N–H and O–H groups in total. The summed E-state index contributed by atoms with van der Waals surface area (Å²) in [4.78, 5) is 38.3. The predicted octanol–water partition coefficient (Wildman–Crippen LogP) is 15.5. The minimum Gasteiger partial charge on any atom is -0.395 e. The summed E-state index contributed by atoms with van der Waals surface area (Å²) >= 11 is 0. The van der Waals surface area contributed by atoms with Crippen LogP contribution in [0.2, 0.25) is 0 Å². The molecule has 1 aromatic heterocycles. The number of nitrogens with one attached hydrogen (secondary N) is 1. The molecular formula is C106H129F2N11O7S. The second-order valence-corrected chi connectivity index (χ2v) is 38.6. The van der Waals surface area contributed by atoms with Crippen LogP contribution in [0.3, 0.4) is 0 Å². The zero-order chi connectivity index (χ0) is 88.5. The number of carbonyl (C=O) groups excluding carboxylic acids is 1. The molecule has 0 radical (unpaired) electrons. The van der Waals surface area contributed by atoms with Gasteiger partial charge in [-0.05, 0) is 241 Å². The molecule has 18 nitrogen and oxygen atoms in total. The van der Waals surface area contributed by atoms with Crippen molar-refractivity contribution in [3.8, 4) is 45.9 Å². The average Bonchev–Trinajstić information content (AvgIpc) is 1.45. The first-order valence-electron chi connectivity index (χ1n) is 46.3. The van der Waals surface area contributed by atoms with Gasteiger partial charge in [0.1, 0.15) is 18.0 Å². The first kappa shape index (κ1) is 92.3. The summed E-state index contributed by atoms with van der Waals surface area (Å²) in [6.07, 6.45) is 18.4. The number of aromatic nitrogens is 2. The van der Waals surface area contributed by atoms with Gasteiger partial charge in [0.15, 0.2) is 0 Å². The van der Waals surface area contributed by atoms with E-state index in [-0.39, 0.29) is 78.8 Å². The maximum atomic E-state index is 13.8. The average molecular weight is 1740 g/mol. The maximum absolute atomic E-state index is 13.8. The number of urea groups is 1. The number of hydrogen-bond acceptors (Lipinski definition) is 15. The number of nitrogens with zero attached hydrogens (tertiary/aromatic N) is 10. The van der Waals surface area contributed by atoms with Crippen molar-refractivity contribution in [1.29, 1.82) is 0 Å². The van der Waals surface area contributed by atoms with Gasteiger partial charge in [-0.1, -0.05) is 169 Å². The number of hydrogen-bond donors (Lipinski definition) is 3. The molecule has 0 unspecified atom stereocenters. The van der Waals surface area contributed by atoms with Crippen molar-refractivity contribution >= 4 is 16.1 Å². The van der Waals surface area contributed by atoms with Crippen molar-refractivity contribution in [2.75, 3.05) is 132 Å². The lowest BCUT2D eigenvalue weighted by Crippen LogP contribution is -2.68. The quantitative estimate of drug-likeness (QED) is 0.0692. The van der Waals surface area contributed by atoms with Crippen molar-refractivity contribution in [1.82, 2.24) is 53.9 Å². The van der Waals surface area contributed by atoms with Crippen molar-refractivity contribution < 1.29 is 41.7 Å². The van der Waals surface area contributed by atoms with Gasteiger partial charge in [-0.3, -0.25) is 24.5 Å². The van der Waals surface area contributed by atoms with Gasteiger partial charge in [0.05, 0.1) is 43.8 Å². The minimum absolute atomic E-state index is 0.0168. The van der Waals surface area contributed by atoms with Crippen LogP contribution < -0.4 is 5.32 Å². The number of aryl methyl sites for hydroxylation is 2. The van der Waals surface area contributed by atoms with Crippen LogP contribution in [0.1, 0.15) is 163 Å². The Morgan fingerprint density at radius 2 is 0.858 bits per heavy atom. The fourth-order valence-corrected chi connectivity index (χ4v) is 22.1. The van der Waals surface area contributed by atoms with Crippen LogP contribution in [-0.4, -0.2) is 260 Å². The molecule has 9 heterocycles. The molecule has 8 saturated heterocycles. The van der Waals surface area contributed by atoms with Crippen LogP contribution in [-0.2, 0) is 26.0 Å². The first-order chi connectivity index (χ1) is 61.8. The van der Waals surface area contributed by atoms with E-state index in [0.717, 1.165) is 119 Å². The van der Waals surface area contributed by atoms with E-state index < -0.39 is 10.0 Å². The molecule has 1 saturated carbocycles. The van der Waals surface area contributed by atoms with Gasteiger partial charge in [-0.15, -0.1) is 0 Å². The Morgan fingerprint density at radius 3 is 1.29 bits per heavy atom. The number of benzene rings is 8. The number of aliphatic hydroxyl groups excluding tert-OH is 2. The van der Waals surface area contributed by atoms with Crippen LogP contribution in [0.5, 0.6) is 0 Å². The SMILES string of the molecule is CC(C)NC(=O)N1CCCCN2[C@@H](CO)[C@H](c3ccc(C#Cc4ccccc4F)cc3)[C@@H]2C1.COC[C@@H]1[C@H](c2ccc(-c3ccccc3C)cc2)[C@@H]2CN(CC3CC3)CCCCN12.COC[C@@H]1[C@H](c2ccc(-c3ccccc3C)cc2)[C@@H]2CN(S(C)(=O)=O)CCCCN12.OC[C@H]1[C@@H](c2ccc(C#Cc3ccccc3F)cc2)[C@@H]2CN(Cc3cncnc3)CCCCN12. The highest BCUT2D eigenvalue weighted by atomic mass is 32.2. The third-order valence-electron chi connectivity index (χ3n) is 27.8. The molecule has 0 spiro atoms. The summed E-state index contributed by atoms with van der Waals surface area (Å²) in [6, 6.07) is 67.1. The van der Waals surface area contributed by atoms with Crippen LogP contribution in [0.25, 0.3) is 22.3 Å². The first-order valence-corrected chi connectivity index (χ1v) is 48.2. The van der Waals surface area contributed by atoms with Gasteiger partial charge in [-0.25, -0.2) is 36.3 Å². The number of ether oxygens (including phenoxy) is 2. The summed E-state index contributed by atoms with van der Waals surface area (Å²) in [5, 5.41) is 23.3. The lowest BCUT2D eigenvalue weighted by atomic mass is 9.74. The summed E-state index contributed by atoms with van der Waals surface area (Å²) < 4.78 is 65.1. The molecule has 0 bridgehead atoms. The van der Waals surface area contributed by atoms with Crippen LogP contribution in [0.4, 0.5) is 13.6 Å². The summed E-state index contributed by atoms with van der Waals surface area (Å²) in [5.41, 5.74) is 16.4. The molecule has 8 aliphatic heterocycles. The maximum Gasteiger partial charge on any atom is 0.317 e. The summed E-state index contributed by atoms with van der Waals surface area (Å²) in [5.74, 6) is 13.5. The molecule has 21 heteroatoms. The van der Waals surface area contributed by atoms with E-state index in [4.69, 9.17) is 9.47 Å². The Morgan fingerprint density at radius 1 is 0.472 bits per heavy atom. The van der Waals surface area contributed by atoms with Crippen molar-refractivity contribution in [3.63, 3.8) is 0 Å². The standard InChI is InChI=1S/C28H29FN4O.C27H32FN3O2.C27H36N2O.C24H32N2O3S/c29-25-6-2-1-5-23(25)10-7-21-8-11-24(12-9-21)28-26-18-32(17-22-15-30-20-31-16-22)13-3-4-14-33(26)27(28)19-34;1-19(2)29-27(33)30-15-5-6-16-31-24(17-30)26(25(31)18-32)22-13-10-20(11-14-22)9-12-21-7-3-4-8-23(21)28;1-20-7-3-4-8-24(20)22-11-13-23(14-12-22)27-25-18-28(17-21-9-10-21)15-5-6-16-29(25)26(27)19-30-2;1-18-8-4-5-9-21(18)19-10-12-20(13-11-19)24-22-16-25(30(3,27)28)14-6-7-15-26(22)23(24)17-29-2/h1-2,5-6,8-9,11-12,15-16,20,26-28,34H,3-4,13-14,17-19H2;3-4,7-8,10-11,13-14,19,24-26,32H,5-6,15-18H2,1-2H3,(H,29,33);3-4,7-8,11-14,21,25-27H,5-6,9-10,15-19H2,1-2H3;4-5,8-13,22-24H,6-7,14-17H2,1-3H3/t26-,27-,28-;24-,25-,26+;25-,26+,27+;22-,23+,24+/m0000/s1. The van der Waals surface area contributed by atoms with Crippen molar-refractivity contribution in [2.24, 2.45) is 5.92 Å². The molecule has 2 amide bonds. The minimum atomic E-state index is -3.20. The highest BCUT2D eigenvalue weighted by Gasteiger charge is 2.54. The number of fused-ring (bicyclic) bond motifs is 4. The van der Waals surface area contributed by atoms with Gasteiger partial charge in [0.2, 0.25) is 10.0 Å². The second kappa shape index (κ2) is 43.8. The number of sulfonamides is 1. The van der Waals surface area contributed by atoms with Gasteiger partial charge < -0.3 is 34.8 Å². The number of carbonyl (C=O) groups is 1. The van der Waals surface area contributed by atoms with E-state index in [1.165, 1.54) is 120 Å². The molecule has 8 aromatic carbocycles. The third kappa shape index (κ3) is 22.7. The van der Waals surface area contributed by atoms with Gasteiger partial charge in [-0.2, -0.15) is 0 Å². The van der Waals surface area contributed by atoms with Crippen LogP contribution in [0.15, 0.2) is 213 Å². The normalized spacial score (nSPS) is 24.8. The topological polar surface area (TPSA) is 174 Å². The molecule has 18 rings (SSSR count). The van der Waals surface area contributed by atoms with Crippen molar-refractivity contribution in [3.05, 3.63) is 286 Å². The van der Waals surface area contributed by atoms with E-state index in [1.54, 1.807) is 54.1 Å². The molecule has 9 aromatic rings. The second-order valence-electron chi connectivity index (χ2n) is 36.6. The lowest BCUT2D eigenvalue weighted by Gasteiger charge is -2.57. The number of rotatable bonds is 18. The molecule has 9 fully saturated rings. The zero-order valence-electron chi connectivity index (χ0n) is 75.2. The monoisotopic (exact) mass is 1740 g/mol. The van der Waals surface area contributed by atoms with Gasteiger partial charge >= 0.3 is 6.03 Å². The number of halogens is 2. The Hall–Kier alpha value is -9.40. The summed E-state index contributed by atoms with van der Waals surface area (Å²) in [7, 11) is 0.409. The molecule has 1 aliphatic carbocycles. The van der Waals surface area contributed by atoms with Crippen LogP contribution >= 0.6 is 0 Å². The number of amides is 2. The molecule has 12 atom stereocenters. The zero-order valence-corrected chi connectivity index (χ0v) is 76.0. The van der Waals surface area contributed by atoms with Crippen molar-refractivity contribution in [2.45, 2.75) is 176 Å². The molecular weight excluding hydrogens is 1610 g/mol. The number of aliphatic hydroxyl groups is 2. The van der Waals surface area contributed by atoms with Gasteiger partial charge in [0, 0.05) is 174 Å². The lowest BCUT2D eigenvalue weighted by molar-refractivity contribution is -0.0720.